The van der Waals surface area contributed by atoms with Crippen LogP contribution in [0.25, 0.3) is 0 Å². The van der Waals surface area contributed by atoms with Gasteiger partial charge in [-0.15, -0.1) is 0 Å². The SMILES string of the molecule is O=C(P)c1c(C(F)(F)F)cccc1C(F)(F)F.[CH2-]C(C)C.[Li+]. The zero-order valence-corrected chi connectivity index (χ0v) is 13.4. The molecule has 0 aliphatic carbocycles. The topological polar surface area (TPSA) is 17.1 Å². The van der Waals surface area contributed by atoms with Crippen LogP contribution in [-0.2, 0) is 12.4 Å². The molecule has 0 aliphatic heterocycles. The van der Waals surface area contributed by atoms with Crippen molar-refractivity contribution in [1.82, 2.24) is 0 Å². The van der Waals surface area contributed by atoms with Crippen LogP contribution in [0.5, 0.6) is 0 Å². The number of carbonyl (C=O) groups is 1. The summed E-state index contributed by atoms with van der Waals surface area (Å²) in [5.41, 5.74) is -5.91. The van der Waals surface area contributed by atoms with Gasteiger partial charge in [0, 0.05) is 5.56 Å². The summed E-state index contributed by atoms with van der Waals surface area (Å²) < 4.78 is 74.7. The summed E-state index contributed by atoms with van der Waals surface area (Å²) in [6.07, 6.45) is -10.0. The molecule has 120 valence electrons. The van der Waals surface area contributed by atoms with Crippen LogP contribution in [0.4, 0.5) is 26.3 Å². The molecule has 0 aromatic heterocycles. The van der Waals surface area contributed by atoms with Crippen LogP contribution in [0.3, 0.4) is 0 Å². The van der Waals surface area contributed by atoms with E-state index >= 15 is 0 Å². The van der Waals surface area contributed by atoms with Gasteiger partial charge in [-0.25, -0.2) is 0 Å². The Morgan fingerprint density at radius 3 is 1.50 bits per heavy atom. The van der Waals surface area contributed by atoms with Crippen molar-refractivity contribution >= 4 is 14.8 Å². The van der Waals surface area contributed by atoms with E-state index in [2.05, 4.69) is 20.8 Å². The summed E-state index contributed by atoms with van der Waals surface area (Å²) in [6.45, 7) is 7.75. The first-order valence-corrected chi connectivity index (χ1v) is 6.26. The first kappa shape index (κ1) is 23.8. The van der Waals surface area contributed by atoms with Crippen LogP contribution in [0, 0.1) is 12.8 Å². The quantitative estimate of drug-likeness (QED) is 0.332. The molecule has 1 aromatic rings. The van der Waals surface area contributed by atoms with Crippen molar-refractivity contribution in [3.8, 4) is 0 Å². The number of carbonyl (C=O) groups excluding carboxylic acids is 1. The Hall–Kier alpha value is -0.503. The van der Waals surface area contributed by atoms with E-state index < -0.39 is 34.6 Å². The monoisotopic (exact) mass is 338 g/mol. The van der Waals surface area contributed by atoms with Gasteiger partial charge in [-0.2, -0.15) is 32.3 Å². The molecule has 0 radical (unpaired) electrons. The summed E-state index contributed by atoms with van der Waals surface area (Å²) in [4.78, 5) is 10.9. The average molecular weight is 338 g/mol. The fraction of sp³-hybridized carbons (Fsp3) is 0.385. The molecule has 0 saturated carbocycles. The zero-order chi connectivity index (χ0) is 17.0. The van der Waals surface area contributed by atoms with E-state index in [0.717, 1.165) is 0 Å². The Labute approximate surface area is 139 Å². The first-order valence-electron chi connectivity index (χ1n) is 5.68. The second-order valence-corrected chi connectivity index (χ2v) is 5.01. The molecule has 0 spiro atoms. The second kappa shape index (κ2) is 8.96. The summed E-state index contributed by atoms with van der Waals surface area (Å²) in [7, 11) is 1.32. The third kappa shape index (κ3) is 7.67. The summed E-state index contributed by atoms with van der Waals surface area (Å²) in [5, 5.41) is 0. The van der Waals surface area contributed by atoms with Gasteiger partial charge in [0.05, 0.1) is 11.1 Å². The molecule has 0 bridgehead atoms. The van der Waals surface area contributed by atoms with E-state index in [1.807, 2.05) is 0 Å². The molecule has 1 rings (SSSR count). The fourth-order valence-electron chi connectivity index (χ4n) is 1.29. The number of alkyl halides is 6. The maximum absolute atomic E-state index is 12.4. The minimum atomic E-state index is -5.01. The molecule has 22 heavy (non-hydrogen) atoms. The molecule has 0 aliphatic rings. The first-order chi connectivity index (χ1) is 9.28. The standard InChI is InChI=1S/C9H5F6OP.C4H9.Li/c10-8(11,12)4-2-1-3-5(9(13,14)15)6(4)7(16)17;1-4(2)3;/h1-3H,17H2;4H,1H2,2-3H3;/q;-1;+1. The van der Waals surface area contributed by atoms with E-state index in [9.17, 15) is 31.1 Å². The third-order valence-electron chi connectivity index (χ3n) is 1.92. The van der Waals surface area contributed by atoms with Gasteiger partial charge in [0.2, 0.25) is 0 Å². The van der Waals surface area contributed by atoms with Crippen LogP contribution in [0.2, 0.25) is 0 Å². The Kier molecular flexibility index (Phi) is 9.67. The Bertz CT molecular complexity index is 461. The maximum Gasteiger partial charge on any atom is 1.00 e. The van der Waals surface area contributed by atoms with E-state index in [4.69, 9.17) is 0 Å². The van der Waals surface area contributed by atoms with Gasteiger partial charge in [0.25, 0.3) is 0 Å². The van der Waals surface area contributed by atoms with Gasteiger partial charge in [-0.3, -0.25) is 4.79 Å². The van der Waals surface area contributed by atoms with E-state index in [1.165, 1.54) is 9.24 Å². The molecule has 0 fully saturated rings. The van der Waals surface area contributed by atoms with Crippen LogP contribution in [-0.4, -0.2) is 5.52 Å². The van der Waals surface area contributed by atoms with Gasteiger partial charge in [0.1, 0.15) is 0 Å². The van der Waals surface area contributed by atoms with Gasteiger partial charge in [-0.1, -0.05) is 29.2 Å². The van der Waals surface area contributed by atoms with Crippen molar-refractivity contribution in [3.05, 3.63) is 41.8 Å². The molecule has 1 nitrogen and oxygen atoms in total. The largest absolute Gasteiger partial charge is 1.00 e. The van der Waals surface area contributed by atoms with E-state index in [-0.39, 0.29) is 18.9 Å². The molecule has 0 saturated heterocycles. The van der Waals surface area contributed by atoms with Gasteiger partial charge >= 0.3 is 31.2 Å². The van der Waals surface area contributed by atoms with Gasteiger partial charge in [0.15, 0.2) is 5.52 Å². The molecule has 1 atom stereocenters. The predicted octanol–water partition coefficient (Wildman–Crippen LogP) is 2.22. The van der Waals surface area contributed by atoms with Crippen LogP contribution < -0.4 is 18.9 Å². The second-order valence-electron chi connectivity index (χ2n) is 4.48. The Morgan fingerprint density at radius 2 is 1.32 bits per heavy atom. The average Bonchev–Trinajstić information content (AvgIpc) is 2.24. The molecule has 0 amide bonds. The van der Waals surface area contributed by atoms with Crippen LogP contribution >= 0.6 is 9.24 Å². The summed E-state index contributed by atoms with van der Waals surface area (Å²) >= 11 is 0. The van der Waals surface area contributed by atoms with Crippen molar-refractivity contribution in [2.75, 3.05) is 0 Å². The zero-order valence-electron chi connectivity index (χ0n) is 12.3. The fourth-order valence-corrected chi connectivity index (χ4v) is 1.60. The molecule has 9 heteroatoms. The molecule has 0 heterocycles. The maximum atomic E-state index is 12.4. The molecule has 1 aromatic carbocycles. The van der Waals surface area contributed by atoms with Crippen molar-refractivity contribution in [1.29, 1.82) is 0 Å². The molecule has 1 unspecified atom stereocenters. The number of hydrogen-bond acceptors (Lipinski definition) is 1. The number of halogens is 6. The molecule has 0 N–H and O–H groups in total. The van der Waals surface area contributed by atoms with Crippen LogP contribution in [0.1, 0.15) is 35.3 Å². The smallest absolute Gasteiger partial charge is 0.341 e. The number of benzene rings is 1. The van der Waals surface area contributed by atoms with Crippen molar-refractivity contribution in [3.63, 3.8) is 0 Å². The minimum Gasteiger partial charge on any atom is -0.341 e. The van der Waals surface area contributed by atoms with Gasteiger partial charge < -0.3 is 6.92 Å². The molecular formula is C13H14F6LiOP. The van der Waals surface area contributed by atoms with Gasteiger partial charge in [-0.05, 0) is 12.1 Å². The Balaban J connectivity index is 0. The van der Waals surface area contributed by atoms with Crippen LogP contribution in [0.15, 0.2) is 18.2 Å². The molecular weight excluding hydrogens is 324 g/mol. The Morgan fingerprint density at radius 1 is 1.05 bits per heavy atom. The summed E-state index contributed by atoms with van der Waals surface area (Å²) in [6, 6.07) is 1.49. The van der Waals surface area contributed by atoms with E-state index in [1.54, 1.807) is 0 Å². The number of rotatable bonds is 1. The van der Waals surface area contributed by atoms with Crippen molar-refractivity contribution < 1.29 is 50.0 Å². The third-order valence-corrected chi connectivity index (χ3v) is 2.21. The number of hydrogen-bond donors (Lipinski definition) is 0. The minimum absolute atomic E-state index is 0. The van der Waals surface area contributed by atoms with Crippen molar-refractivity contribution in [2.45, 2.75) is 26.2 Å². The van der Waals surface area contributed by atoms with Crippen molar-refractivity contribution in [2.24, 2.45) is 5.92 Å². The summed E-state index contributed by atoms with van der Waals surface area (Å²) in [5.74, 6) is 0.583. The van der Waals surface area contributed by atoms with E-state index in [0.29, 0.717) is 24.1 Å². The predicted molar refractivity (Wildman–Crippen MR) is 70.7 cm³/mol. The normalized spacial score (nSPS) is 11.4.